The van der Waals surface area contributed by atoms with Crippen LogP contribution in [-0.4, -0.2) is 29.0 Å². The van der Waals surface area contributed by atoms with Gasteiger partial charge in [0.25, 0.3) is 0 Å². The first-order valence-electron chi connectivity index (χ1n) is 12.9. The lowest BCUT2D eigenvalue weighted by Crippen LogP contribution is -2.11. The SMILES string of the molecule is CCCCCCCC(=O)O.CCCCCCCC(C)COC(=O)CCCCCCCBr. The second-order valence-corrected chi connectivity index (χ2v) is 9.55. The van der Waals surface area contributed by atoms with Crippen molar-refractivity contribution >= 4 is 27.9 Å². The number of halogens is 1. The van der Waals surface area contributed by atoms with Crippen molar-refractivity contribution < 1.29 is 19.4 Å². The van der Waals surface area contributed by atoms with Crippen LogP contribution in [0.1, 0.15) is 136 Å². The number of aliphatic carboxylic acids is 1. The molecule has 1 unspecified atom stereocenters. The van der Waals surface area contributed by atoms with Crippen molar-refractivity contribution in [3.8, 4) is 0 Å². The van der Waals surface area contributed by atoms with Crippen LogP contribution in [0.4, 0.5) is 0 Å². The van der Waals surface area contributed by atoms with Crippen molar-refractivity contribution in [3.63, 3.8) is 0 Å². The van der Waals surface area contributed by atoms with Crippen molar-refractivity contribution in [1.82, 2.24) is 0 Å². The minimum absolute atomic E-state index is 0.00618. The lowest BCUT2D eigenvalue weighted by Gasteiger charge is -2.12. The van der Waals surface area contributed by atoms with Crippen LogP contribution in [-0.2, 0) is 14.3 Å². The van der Waals surface area contributed by atoms with Crippen molar-refractivity contribution in [1.29, 1.82) is 0 Å². The van der Waals surface area contributed by atoms with Crippen molar-refractivity contribution in [2.45, 2.75) is 136 Å². The third kappa shape index (κ3) is 31.7. The topological polar surface area (TPSA) is 63.6 Å². The Morgan fingerprint density at radius 3 is 1.77 bits per heavy atom. The third-order valence-corrected chi connectivity index (χ3v) is 5.90. The van der Waals surface area contributed by atoms with Gasteiger partial charge in [-0.3, -0.25) is 9.59 Å². The number of hydrogen-bond donors (Lipinski definition) is 1. The fourth-order valence-electron chi connectivity index (χ4n) is 3.26. The summed E-state index contributed by atoms with van der Waals surface area (Å²) < 4.78 is 5.36. The van der Waals surface area contributed by atoms with E-state index in [2.05, 4.69) is 36.7 Å². The molecule has 0 rings (SSSR count). The molecule has 0 aliphatic rings. The fourth-order valence-corrected chi connectivity index (χ4v) is 3.66. The molecule has 0 saturated carbocycles. The Bertz CT molecular complexity index is 388. The van der Waals surface area contributed by atoms with Crippen LogP contribution in [0.25, 0.3) is 0 Å². The van der Waals surface area contributed by atoms with Crippen LogP contribution in [0, 0.1) is 5.92 Å². The van der Waals surface area contributed by atoms with E-state index in [4.69, 9.17) is 9.84 Å². The summed E-state index contributed by atoms with van der Waals surface area (Å²) in [4.78, 5) is 21.7. The van der Waals surface area contributed by atoms with Crippen LogP contribution in [0.15, 0.2) is 0 Å². The van der Waals surface area contributed by atoms with E-state index < -0.39 is 5.97 Å². The van der Waals surface area contributed by atoms with Gasteiger partial charge in [-0.2, -0.15) is 0 Å². The maximum atomic E-state index is 11.6. The monoisotopic (exact) mass is 506 g/mol. The number of esters is 1. The molecule has 0 amide bonds. The molecule has 0 heterocycles. The average molecular weight is 508 g/mol. The zero-order valence-electron chi connectivity index (χ0n) is 20.8. The fraction of sp³-hybridized carbons (Fsp3) is 0.923. The van der Waals surface area contributed by atoms with E-state index in [1.807, 2.05) is 0 Å². The minimum atomic E-state index is -0.670. The molecule has 4 nitrogen and oxygen atoms in total. The van der Waals surface area contributed by atoms with E-state index in [1.54, 1.807) is 0 Å². The molecule has 186 valence electrons. The molecule has 0 bridgehead atoms. The maximum Gasteiger partial charge on any atom is 0.305 e. The van der Waals surface area contributed by atoms with Gasteiger partial charge in [-0.05, 0) is 31.6 Å². The van der Waals surface area contributed by atoms with Gasteiger partial charge in [0, 0.05) is 18.2 Å². The summed E-state index contributed by atoms with van der Waals surface area (Å²) in [7, 11) is 0. The predicted octanol–water partition coefficient (Wildman–Crippen LogP) is 8.69. The molecule has 0 aliphatic carbocycles. The highest BCUT2D eigenvalue weighted by atomic mass is 79.9. The molecule has 0 aliphatic heterocycles. The number of carbonyl (C=O) groups is 2. The Hall–Kier alpha value is -0.580. The number of carbonyl (C=O) groups excluding carboxylic acids is 1. The predicted molar refractivity (Wildman–Crippen MR) is 136 cm³/mol. The normalized spacial score (nSPS) is 11.5. The highest BCUT2D eigenvalue weighted by Crippen LogP contribution is 2.13. The van der Waals surface area contributed by atoms with E-state index in [9.17, 15) is 9.59 Å². The summed E-state index contributed by atoms with van der Waals surface area (Å²) in [6.45, 7) is 7.19. The first kappa shape index (κ1) is 32.6. The lowest BCUT2D eigenvalue weighted by atomic mass is 10.0. The number of ether oxygens (including phenoxy) is 1. The highest BCUT2D eigenvalue weighted by molar-refractivity contribution is 9.09. The molecule has 1 N–H and O–H groups in total. The Kier molecular flexibility index (Phi) is 28.9. The summed E-state index contributed by atoms with van der Waals surface area (Å²) in [6.07, 6.45) is 20.1. The van der Waals surface area contributed by atoms with Gasteiger partial charge in [-0.1, -0.05) is 114 Å². The summed E-state index contributed by atoms with van der Waals surface area (Å²) in [6, 6.07) is 0. The summed E-state index contributed by atoms with van der Waals surface area (Å²) >= 11 is 3.43. The van der Waals surface area contributed by atoms with Gasteiger partial charge in [0.05, 0.1) is 6.61 Å². The first-order valence-corrected chi connectivity index (χ1v) is 14.0. The number of rotatable bonds is 21. The molecule has 0 aromatic carbocycles. The molecule has 1 atom stereocenters. The third-order valence-electron chi connectivity index (χ3n) is 5.34. The Morgan fingerprint density at radius 2 is 1.23 bits per heavy atom. The Morgan fingerprint density at radius 1 is 0.742 bits per heavy atom. The molecule has 0 radical (unpaired) electrons. The average Bonchev–Trinajstić information content (AvgIpc) is 2.74. The summed E-state index contributed by atoms with van der Waals surface area (Å²) in [5.41, 5.74) is 0. The van der Waals surface area contributed by atoms with Crippen LogP contribution in [0.3, 0.4) is 0 Å². The van der Waals surface area contributed by atoms with Crippen LogP contribution < -0.4 is 0 Å². The van der Waals surface area contributed by atoms with Crippen molar-refractivity contribution in [3.05, 3.63) is 0 Å². The quantitative estimate of drug-likeness (QED) is 0.0959. The van der Waals surface area contributed by atoms with Gasteiger partial charge in [0.2, 0.25) is 0 Å². The molecular weight excluding hydrogens is 456 g/mol. The molecule has 0 aromatic heterocycles. The number of alkyl halides is 1. The largest absolute Gasteiger partial charge is 0.481 e. The number of carboxylic acid groups (broad SMARTS) is 1. The molecule has 5 heteroatoms. The van der Waals surface area contributed by atoms with Crippen LogP contribution in [0.2, 0.25) is 0 Å². The molecule has 0 fully saturated rings. The lowest BCUT2D eigenvalue weighted by molar-refractivity contribution is -0.145. The van der Waals surface area contributed by atoms with Gasteiger partial charge in [-0.15, -0.1) is 0 Å². The smallest absolute Gasteiger partial charge is 0.305 e. The Balaban J connectivity index is 0. The van der Waals surface area contributed by atoms with Gasteiger partial charge in [-0.25, -0.2) is 0 Å². The second kappa shape index (κ2) is 27.5. The number of carboxylic acids is 1. The van der Waals surface area contributed by atoms with Gasteiger partial charge in [0.15, 0.2) is 0 Å². The highest BCUT2D eigenvalue weighted by Gasteiger charge is 2.07. The Labute approximate surface area is 201 Å². The number of hydrogen-bond acceptors (Lipinski definition) is 3. The molecule has 0 spiro atoms. The molecule has 0 aromatic rings. The van der Waals surface area contributed by atoms with Crippen LogP contribution >= 0.6 is 15.9 Å². The van der Waals surface area contributed by atoms with E-state index in [-0.39, 0.29) is 5.97 Å². The maximum absolute atomic E-state index is 11.6. The molecular formula is C26H51BrO4. The molecule has 0 saturated heterocycles. The zero-order chi connectivity index (χ0) is 23.6. The van der Waals surface area contributed by atoms with Crippen molar-refractivity contribution in [2.75, 3.05) is 11.9 Å². The first-order chi connectivity index (χ1) is 15.0. The van der Waals surface area contributed by atoms with E-state index >= 15 is 0 Å². The summed E-state index contributed by atoms with van der Waals surface area (Å²) in [5, 5.41) is 9.36. The van der Waals surface area contributed by atoms with E-state index in [0.29, 0.717) is 25.4 Å². The van der Waals surface area contributed by atoms with Crippen molar-refractivity contribution in [2.24, 2.45) is 5.92 Å². The second-order valence-electron chi connectivity index (χ2n) is 8.76. The van der Waals surface area contributed by atoms with Gasteiger partial charge < -0.3 is 9.84 Å². The van der Waals surface area contributed by atoms with E-state index in [0.717, 1.165) is 31.0 Å². The summed E-state index contributed by atoms with van der Waals surface area (Å²) in [5.74, 6) is -0.167. The van der Waals surface area contributed by atoms with Gasteiger partial charge >= 0.3 is 11.9 Å². The van der Waals surface area contributed by atoms with Gasteiger partial charge in [0.1, 0.15) is 0 Å². The van der Waals surface area contributed by atoms with Crippen LogP contribution in [0.5, 0.6) is 0 Å². The van der Waals surface area contributed by atoms with E-state index in [1.165, 1.54) is 77.0 Å². The zero-order valence-corrected chi connectivity index (χ0v) is 22.4. The number of unbranched alkanes of at least 4 members (excludes halogenated alkanes) is 12. The molecule has 31 heavy (non-hydrogen) atoms. The minimum Gasteiger partial charge on any atom is -0.481 e. The standard InChI is InChI=1S/C18H35BrO2.C8H16O2/c1-3-4-5-7-10-13-17(2)16-21-18(20)14-11-8-6-9-12-15-19;1-2-3-4-5-6-7-8(9)10/h17H,3-16H2,1-2H3;2-7H2,1H3,(H,9,10).